The molecular formula is C6H9N2O2S+. The molecular weight excluding hydrogens is 164 g/mol. The Bertz CT molecular complexity index is 259. The first kappa shape index (κ1) is 8.00. The third-order valence-electron chi connectivity index (χ3n) is 1.07. The number of nitrogen functional groups attached to an aromatic ring is 1. The minimum Gasteiger partial charge on any atom is -0.422 e. The standard InChI is InChI=1S/C6H9N2O2S/c1-2-10-6(9)11-4-3-8-5(11)7/h3-4H,2H2,1H3,(H2,7,8)/q+1. The zero-order valence-corrected chi connectivity index (χ0v) is 6.93. The molecule has 60 valence electrons. The third-order valence-corrected chi connectivity index (χ3v) is 2.49. The van der Waals surface area contributed by atoms with Crippen molar-refractivity contribution in [3.05, 3.63) is 11.6 Å². The van der Waals surface area contributed by atoms with E-state index in [-0.39, 0.29) is 5.30 Å². The van der Waals surface area contributed by atoms with Crippen LogP contribution in [0, 0.1) is 0 Å². The Balaban J connectivity index is 2.76. The second-order valence-electron chi connectivity index (χ2n) is 1.77. The van der Waals surface area contributed by atoms with Gasteiger partial charge in [0.1, 0.15) is 10.5 Å². The molecule has 1 unspecified atom stereocenters. The Morgan fingerprint density at radius 3 is 3.09 bits per heavy atom. The van der Waals surface area contributed by atoms with Crippen molar-refractivity contribution in [2.24, 2.45) is 0 Å². The number of aromatic nitrogens is 1. The predicted octanol–water partition coefficient (Wildman–Crippen LogP) is 1.42. The van der Waals surface area contributed by atoms with Gasteiger partial charge in [0.05, 0.1) is 12.8 Å². The van der Waals surface area contributed by atoms with E-state index in [0.29, 0.717) is 11.7 Å². The lowest BCUT2D eigenvalue weighted by Gasteiger charge is -1.89. The third kappa shape index (κ3) is 1.68. The molecule has 0 bridgehead atoms. The normalized spacial score (nSPS) is 11.2. The van der Waals surface area contributed by atoms with E-state index in [0.717, 1.165) is 0 Å². The smallest absolute Gasteiger partial charge is 0.422 e. The maximum Gasteiger partial charge on any atom is 0.557 e. The first-order chi connectivity index (χ1) is 5.25. The molecule has 1 atom stereocenters. The molecule has 11 heavy (non-hydrogen) atoms. The van der Waals surface area contributed by atoms with Gasteiger partial charge in [-0.2, -0.15) is 9.78 Å². The van der Waals surface area contributed by atoms with Gasteiger partial charge in [-0.1, -0.05) is 0 Å². The minimum absolute atomic E-state index is 0.303. The number of hydrogen-bond donors (Lipinski definition) is 1. The molecule has 0 aliphatic heterocycles. The van der Waals surface area contributed by atoms with Crippen LogP contribution < -0.4 is 5.73 Å². The number of ether oxygens (including phenoxy) is 1. The molecule has 1 rings (SSSR count). The van der Waals surface area contributed by atoms with E-state index in [4.69, 9.17) is 10.5 Å². The van der Waals surface area contributed by atoms with Gasteiger partial charge >= 0.3 is 10.4 Å². The number of carbonyl (C=O) groups is 1. The Hall–Kier alpha value is -1.10. The van der Waals surface area contributed by atoms with Crippen molar-refractivity contribution in [3.8, 4) is 0 Å². The average molecular weight is 173 g/mol. The van der Waals surface area contributed by atoms with Crippen LogP contribution in [0.5, 0.6) is 0 Å². The van der Waals surface area contributed by atoms with Crippen molar-refractivity contribution in [3.63, 3.8) is 0 Å². The molecule has 4 nitrogen and oxygen atoms in total. The van der Waals surface area contributed by atoms with E-state index in [1.165, 1.54) is 6.20 Å². The summed E-state index contributed by atoms with van der Waals surface area (Å²) in [7, 11) is -0.731. The van der Waals surface area contributed by atoms with Gasteiger partial charge in [-0.15, -0.1) is 0 Å². The maximum absolute atomic E-state index is 11.0. The van der Waals surface area contributed by atoms with Gasteiger partial charge in [-0.25, -0.2) is 0 Å². The molecule has 0 saturated carbocycles. The summed E-state index contributed by atoms with van der Waals surface area (Å²) in [6.07, 6.45) is 1.52. The summed E-state index contributed by atoms with van der Waals surface area (Å²) >= 11 is 0. The first-order valence-corrected chi connectivity index (χ1v) is 4.44. The number of carbonyl (C=O) groups excluding carboxylic acids is 1. The molecule has 0 spiro atoms. The van der Waals surface area contributed by atoms with Gasteiger partial charge in [0.25, 0.3) is 0 Å². The van der Waals surface area contributed by atoms with Crippen molar-refractivity contribution < 1.29 is 9.53 Å². The first-order valence-electron chi connectivity index (χ1n) is 3.15. The molecule has 0 fully saturated rings. The second kappa shape index (κ2) is 3.34. The lowest BCUT2D eigenvalue weighted by atomic mass is 10.9. The van der Waals surface area contributed by atoms with E-state index in [2.05, 4.69) is 4.98 Å². The average Bonchev–Trinajstić information content (AvgIpc) is 2.36. The van der Waals surface area contributed by atoms with Gasteiger partial charge in [0.2, 0.25) is 0 Å². The van der Waals surface area contributed by atoms with Gasteiger partial charge in [-0.3, -0.25) is 0 Å². The molecule has 1 aromatic heterocycles. The van der Waals surface area contributed by atoms with Crippen LogP contribution >= 0.6 is 10.5 Å². The SMILES string of the molecule is CCOC(=O)[s+]1ccnc1N. The highest BCUT2D eigenvalue weighted by Gasteiger charge is 2.23. The van der Waals surface area contributed by atoms with Crippen LogP contribution in [-0.4, -0.2) is 16.9 Å². The summed E-state index contributed by atoms with van der Waals surface area (Å²) in [6.45, 7) is 2.14. The van der Waals surface area contributed by atoms with Crippen molar-refractivity contribution in [1.82, 2.24) is 4.98 Å². The van der Waals surface area contributed by atoms with Crippen molar-refractivity contribution in [2.75, 3.05) is 12.3 Å². The highest BCUT2D eigenvalue weighted by atomic mass is 32.2. The Morgan fingerprint density at radius 1 is 1.91 bits per heavy atom. The number of nitrogens with two attached hydrogens (primary N) is 1. The summed E-state index contributed by atoms with van der Waals surface area (Å²) < 4.78 is 4.76. The molecule has 5 heteroatoms. The van der Waals surface area contributed by atoms with Crippen LogP contribution in [0.2, 0.25) is 0 Å². The van der Waals surface area contributed by atoms with Crippen LogP contribution in [0.4, 0.5) is 9.93 Å². The van der Waals surface area contributed by atoms with Crippen molar-refractivity contribution >= 4 is 20.9 Å². The van der Waals surface area contributed by atoms with Gasteiger partial charge in [0.15, 0.2) is 5.38 Å². The highest BCUT2D eigenvalue weighted by Crippen LogP contribution is 2.25. The van der Waals surface area contributed by atoms with E-state index < -0.39 is 10.5 Å². The fraction of sp³-hybridized carbons (Fsp3) is 0.333. The quantitative estimate of drug-likeness (QED) is 0.542. The second-order valence-corrected chi connectivity index (χ2v) is 3.47. The topological polar surface area (TPSA) is 65.2 Å². The van der Waals surface area contributed by atoms with E-state index in [9.17, 15) is 4.79 Å². The molecule has 0 aliphatic carbocycles. The van der Waals surface area contributed by atoms with E-state index >= 15 is 0 Å². The van der Waals surface area contributed by atoms with Gasteiger partial charge in [-0.05, 0) is 6.92 Å². The lowest BCUT2D eigenvalue weighted by molar-refractivity contribution is 0.180. The van der Waals surface area contributed by atoms with Crippen LogP contribution in [0.3, 0.4) is 0 Å². The summed E-state index contributed by atoms with van der Waals surface area (Å²) in [6, 6.07) is 0. The largest absolute Gasteiger partial charge is 0.557 e. The summed E-state index contributed by atoms with van der Waals surface area (Å²) in [4.78, 5) is 14.8. The predicted molar refractivity (Wildman–Crippen MR) is 43.5 cm³/mol. The Labute approximate surface area is 67.0 Å². The molecule has 1 heterocycles. The molecule has 0 radical (unpaired) electrons. The molecule has 1 aromatic rings. The summed E-state index contributed by atoms with van der Waals surface area (Å²) in [5.74, 6) is 0. The summed E-state index contributed by atoms with van der Waals surface area (Å²) in [5, 5.41) is 1.68. The van der Waals surface area contributed by atoms with Crippen LogP contribution in [0.1, 0.15) is 6.92 Å². The zero-order chi connectivity index (χ0) is 8.27. The van der Waals surface area contributed by atoms with Crippen LogP contribution in [0.25, 0.3) is 0 Å². The van der Waals surface area contributed by atoms with E-state index in [1.54, 1.807) is 12.3 Å². The fourth-order valence-electron chi connectivity index (χ4n) is 0.614. The van der Waals surface area contributed by atoms with Gasteiger partial charge in [0, 0.05) is 0 Å². The fourth-order valence-corrected chi connectivity index (χ4v) is 1.64. The molecule has 2 N–H and O–H groups in total. The number of rotatable bonds is 2. The van der Waals surface area contributed by atoms with Crippen LogP contribution in [-0.2, 0) is 4.74 Å². The van der Waals surface area contributed by atoms with E-state index in [1.807, 2.05) is 0 Å². The summed E-state index contributed by atoms with van der Waals surface area (Å²) in [5.41, 5.74) is 5.41. The minimum atomic E-state index is -0.731. The molecule has 0 saturated heterocycles. The van der Waals surface area contributed by atoms with Gasteiger partial charge < -0.3 is 10.5 Å². The maximum atomic E-state index is 11.0. The van der Waals surface area contributed by atoms with Crippen LogP contribution in [0.15, 0.2) is 11.6 Å². The number of thiazole rings is 1. The lowest BCUT2D eigenvalue weighted by Crippen LogP contribution is -1.98. The molecule has 0 aromatic carbocycles. The monoisotopic (exact) mass is 173 g/mol. The Kier molecular flexibility index (Phi) is 2.43. The number of nitrogens with zero attached hydrogens (tertiary/aromatic N) is 1. The Morgan fingerprint density at radius 2 is 2.64 bits per heavy atom. The number of anilines is 1. The number of hydrogen-bond acceptors (Lipinski definition) is 4. The van der Waals surface area contributed by atoms with Crippen molar-refractivity contribution in [2.45, 2.75) is 6.92 Å². The van der Waals surface area contributed by atoms with Crippen molar-refractivity contribution in [1.29, 1.82) is 0 Å². The zero-order valence-electron chi connectivity index (χ0n) is 6.11. The molecule has 0 aliphatic rings. The highest BCUT2D eigenvalue weighted by molar-refractivity contribution is 7.52. The molecule has 0 amide bonds.